The van der Waals surface area contributed by atoms with Crippen molar-refractivity contribution < 1.29 is 14.7 Å². The molecule has 0 spiro atoms. The van der Waals surface area contributed by atoms with E-state index in [9.17, 15) is 9.59 Å². The van der Waals surface area contributed by atoms with Crippen LogP contribution in [0.25, 0.3) is 0 Å². The molecule has 0 aliphatic heterocycles. The van der Waals surface area contributed by atoms with Crippen molar-refractivity contribution in [3.63, 3.8) is 0 Å². The Bertz CT molecular complexity index is 379. The number of aliphatic carboxylic acids is 1. The van der Waals surface area contributed by atoms with Crippen LogP contribution in [0, 0.1) is 6.92 Å². The van der Waals surface area contributed by atoms with Crippen molar-refractivity contribution in [1.29, 1.82) is 0 Å². The van der Waals surface area contributed by atoms with Crippen molar-refractivity contribution in [3.05, 3.63) is 28.8 Å². The molecular formula is C11H14ClNO3. The molecule has 16 heavy (non-hydrogen) atoms. The van der Waals surface area contributed by atoms with Crippen LogP contribution in [-0.2, 0) is 9.59 Å². The highest BCUT2D eigenvalue weighted by Crippen LogP contribution is 2.15. The molecule has 0 aromatic heterocycles. The number of ketones is 1. The fraction of sp³-hybridized carbons (Fsp3) is 0.273. The molecule has 0 amide bonds. The maximum atomic E-state index is 9.87. The topological polar surface area (TPSA) is 80.4 Å². The molecule has 0 unspecified atom stereocenters. The first-order chi connectivity index (χ1) is 7.32. The lowest BCUT2D eigenvalue weighted by Crippen LogP contribution is -2.00. The normalized spacial score (nSPS) is 8.94. The summed E-state index contributed by atoms with van der Waals surface area (Å²) >= 11 is 5.66. The van der Waals surface area contributed by atoms with Crippen molar-refractivity contribution in [1.82, 2.24) is 0 Å². The standard InChI is InChI=1S/C7H8ClN.C4H6O3/c1-5-4-6(8)2-3-7(5)9;1-3(5)2-4(6)7/h2-4H,9H2,1H3;2H2,1H3,(H,6,7). The average molecular weight is 244 g/mol. The smallest absolute Gasteiger partial charge is 0.310 e. The number of carbonyl (C=O) groups excluding carboxylic acids is 1. The van der Waals surface area contributed by atoms with Crippen LogP contribution in [0.1, 0.15) is 18.9 Å². The largest absolute Gasteiger partial charge is 0.481 e. The van der Waals surface area contributed by atoms with Gasteiger partial charge in [0.25, 0.3) is 0 Å². The van der Waals surface area contributed by atoms with Gasteiger partial charge < -0.3 is 10.8 Å². The first-order valence-electron chi connectivity index (χ1n) is 4.55. The number of rotatable bonds is 2. The van der Waals surface area contributed by atoms with Crippen LogP contribution >= 0.6 is 11.6 Å². The van der Waals surface area contributed by atoms with Crippen LogP contribution in [0.5, 0.6) is 0 Å². The minimum Gasteiger partial charge on any atom is -0.481 e. The maximum Gasteiger partial charge on any atom is 0.310 e. The number of hydrogen-bond acceptors (Lipinski definition) is 3. The van der Waals surface area contributed by atoms with Crippen LogP contribution in [0.2, 0.25) is 5.02 Å². The Morgan fingerprint density at radius 3 is 2.25 bits per heavy atom. The zero-order valence-corrected chi connectivity index (χ0v) is 9.91. The van der Waals surface area contributed by atoms with Crippen LogP contribution in [0.3, 0.4) is 0 Å². The van der Waals surface area contributed by atoms with Crippen molar-refractivity contribution in [2.45, 2.75) is 20.3 Å². The molecule has 1 aromatic rings. The highest BCUT2D eigenvalue weighted by Gasteiger charge is 1.98. The Morgan fingerprint density at radius 2 is 2.00 bits per heavy atom. The van der Waals surface area contributed by atoms with Gasteiger partial charge in [-0.3, -0.25) is 9.59 Å². The van der Waals surface area contributed by atoms with Gasteiger partial charge in [0, 0.05) is 10.7 Å². The van der Waals surface area contributed by atoms with Gasteiger partial charge in [-0.2, -0.15) is 0 Å². The fourth-order valence-electron chi connectivity index (χ4n) is 0.852. The molecule has 0 fully saturated rings. The number of anilines is 1. The average Bonchev–Trinajstić information content (AvgIpc) is 2.10. The number of carboxylic acid groups (broad SMARTS) is 1. The van der Waals surface area contributed by atoms with E-state index < -0.39 is 5.97 Å². The second-order valence-electron chi connectivity index (χ2n) is 3.27. The predicted octanol–water partition coefficient (Wildman–Crippen LogP) is 2.28. The Labute approximate surface area is 99.0 Å². The fourth-order valence-corrected chi connectivity index (χ4v) is 1.08. The number of Topliss-reactive ketones (excluding diaryl/α,β-unsaturated/α-hetero) is 1. The number of hydrogen-bond donors (Lipinski definition) is 2. The van der Waals surface area contributed by atoms with Crippen LogP contribution in [0.4, 0.5) is 5.69 Å². The molecule has 88 valence electrons. The van der Waals surface area contributed by atoms with E-state index in [1.807, 2.05) is 13.0 Å². The summed E-state index contributed by atoms with van der Waals surface area (Å²) in [6, 6.07) is 5.43. The highest BCUT2D eigenvalue weighted by atomic mass is 35.5. The summed E-state index contributed by atoms with van der Waals surface area (Å²) in [5, 5.41) is 8.60. The minimum absolute atomic E-state index is 0.312. The van der Waals surface area contributed by atoms with E-state index in [4.69, 9.17) is 22.4 Å². The number of nitrogens with two attached hydrogens (primary N) is 1. The second kappa shape index (κ2) is 6.85. The lowest BCUT2D eigenvalue weighted by Gasteiger charge is -1.97. The van der Waals surface area contributed by atoms with Gasteiger partial charge in [0.05, 0.1) is 0 Å². The van der Waals surface area contributed by atoms with E-state index in [0.717, 1.165) is 16.3 Å². The summed E-state index contributed by atoms with van der Waals surface area (Å²) in [7, 11) is 0. The molecule has 0 saturated heterocycles. The number of carbonyl (C=O) groups is 2. The van der Waals surface area contributed by atoms with E-state index in [1.165, 1.54) is 6.92 Å². The van der Waals surface area contributed by atoms with Crippen molar-refractivity contribution in [3.8, 4) is 0 Å². The first kappa shape index (κ1) is 14.5. The van der Waals surface area contributed by atoms with E-state index in [-0.39, 0.29) is 12.2 Å². The van der Waals surface area contributed by atoms with Crippen LogP contribution in [-0.4, -0.2) is 16.9 Å². The number of aryl methyl sites for hydroxylation is 1. The molecule has 0 heterocycles. The highest BCUT2D eigenvalue weighted by molar-refractivity contribution is 6.30. The van der Waals surface area contributed by atoms with Gasteiger partial charge in [-0.1, -0.05) is 11.6 Å². The molecule has 0 aliphatic carbocycles. The Kier molecular flexibility index (Phi) is 6.18. The lowest BCUT2D eigenvalue weighted by atomic mass is 10.2. The molecule has 0 atom stereocenters. The Balaban J connectivity index is 0.000000293. The third kappa shape index (κ3) is 6.84. The number of nitrogen functional groups attached to an aromatic ring is 1. The molecule has 0 bridgehead atoms. The molecule has 5 heteroatoms. The molecule has 4 nitrogen and oxygen atoms in total. The molecular weight excluding hydrogens is 230 g/mol. The Morgan fingerprint density at radius 1 is 1.44 bits per heavy atom. The molecule has 0 aliphatic rings. The molecule has 1 rings (SSSR count). The van der Waals surface area contributed by atoms with E-state index in [1.54, 1.807) is 12.1 Å². The monoisotopic (exact) mass is 243 g/mol. The summed E-state index contributed by atoms with van der Waals surface area (Å²) < 4.78 is 0. The molecule has 0 saturated carbocycles. The quantitative estimate of drug-likeness (QED) is 0.617. The number of halogens is 1. The third-order valence-corrected chi connectivity index (χ3v) is 1.87. The van der Waals surface area contributed by atoms with Crippen molar-refractivity contribution >= 4 is 29.0 Å². The lowest BCUT2D eigenvalue weighted by molar-refractivity contribution is -0.139. The van der Waals surface area contributed by atoms with Gasteiger partial charge in [-0.25, -0.2) is 0 Å². The van der Waals surface area contributed by atoms with Crippen molar-refractivity contribution in [2.75, 3.05) is 5.73 Å². The van der Waals surface area contributed by atoms with E-state index >= 15 is 0 Å². The van der Waals surface area contributed by atoms with Crippen LogP contribution < -0.4 is 5.73 Å². The van der Waals surface area contributed by atoms with E-state index in [0.29, 0.717) is 0 Å². The zero-order valence-electron chi connectivity index (χ0n) is 9.16. The van der Waals surface area contributed by atoms with Crippen molar-refractivity contribution in [2.24, 2.45) is 0 Å². The zero-order chi connectivity index (χ0) is 12.7. The first-order valence-corrected chi connectivity index (χ1v) is 4.93. The summed E-state index contributed by atoms with van der Waals surface area (Å²) in [6.45, 7) is 3.18. The molecule has 3 N–H and O–H groups in total. The molecule has 0 radical (unpaired) electrons. The maximum absolute atomic E-state index is 9.87. The van der Waals surface area contributed by atoms with Gasteiger partial charge in [-0.15, -0.1) is 0 Å². The van der Waals surface area contributed by atoms with Gasteiger partial charge >= 0.3 is 5.97 Å². The van der Waals surface area contributed by atoms with Gasteiger partial charge in [0.15, 0.2) is 0 Å². The number of benzene rings is 1. The molecule has 1 aromatic carbocycles. The predicted molar refractivity (Wildman–Crippen MR) is 63.5 cm³/mol. The third-order valence-electron chi connectivity index (χ3n) is 1.63. The summed E-state index contributed by atoms with van der Waals surface area (Å²) in [4.78, 5) is 19.5. The van der Waals surface area contributed by atoms with E-state index in [2.05, 4.69) is 0 Å². The van der Waals surface area contributed by atoms with Gasteiger partial charge in [0.2, 0.25) is 0 Å². The number of carboxylic acids is 1. The summed E-state index contributed by atoms with van der Waals surface area (Å²) in [5.74, 6) is -1.37. The Hall–Kier alpha value is -1.55. The summed E-state index contributed by atoms with van der Waals surface area (Å²) in [6.07, 6.45) is -0.361. The van der Waals surface area contributed by atoms with Gasteiger partial charge in [-0.05, 0) is 37.6 Å². The SMILES string of the molecule is CC(=O)CC(=O)O.Cc1cc(Cl)ccc1N. The van der Waals surface area contributed by atoms with Crippen LogP contribution in [0.15, 0.2) is 18.2 Å². The van der Waals surface area contributed by atoms with Gasteiger partial charge in [0.1, 0.15) is 12.2 Å². The summed E-state index contributed by atoms with van der Waals surface area (Å²) in [5.41, 5.74) is 7.35. The second-order valence-corrected chi connectivity index (χ2v) is 3.71. The minimum atomic E-state index is -1.06.